The summed E-state index contributed by atoms with van der Waals surface area (Å²) in [4.78, 5) is 7.09. The Hall–Kier alpha value is -1.09. The van der Waals surface area contributed by atoms with Crippen LogP contribution in [0.2, 0.25) is 0 Å². The largest absolute Gasteiger partial charge is 0.385 e. The molecule has 2 atom stereocenters. The van der Waals surface area contributed by atoms with Crippen LogP contribution < -0.4 is 5.32 Å². The molecule has 1 N–H and O–H groups in total. The molecule has 0 amide bonds. The molecule has 3 nitrogen and oxygen atoms in total. The van der Waals surface area contributed by atoms with E-state index in [0.717, 1.165) is 24.9 Å². The molecule has 1 saturated heterocycles. The fraction of sp³-hybridized carbons (Fsp3) is 0.667. The van der Waals surface area contributed by atoms with E-state index in [4.69, 9.17) is 0 Å². The normalized spacial score (nSPS) is 27.4. The molecule has 0 bridgehead atoms. The number of rotatable bonds is 4. The van der Waals surface area contributed by atoms with Crippen molar-refractivity contribution in [2.24, 2.45) is 11.8 Å². The SMILES string of the molecule is CCNc1ccnc(CN2CC3CCCC3C2)c1. The Labute approximate surface area is 110 Å². The minimum Gasteiger partial charge on any atom is -0.385 e. The van der Waals surface area contributed by atoms with Crippen LogP contribution in [0.4, 0.5) is 5.69 Å². The zero-order valence-corrected chi connectivity index (χ0v) is 11.2. The smallest absolute Gasteiger partial charge is 0.0564 e. The Kier molecular flexibility index (Phi) is 3.50. The Morgan fingerprint density at radius 1 is 1.33 bits per heavy atom. The first-order valence-electron chi connectivity index (χ1n) is 7.26. The summed E-state index contributed by atoms with van der Waals surface area (Å²) in [5.41, 5.74) is 2.40. The number of hydrogen-bond donors (Lipinski definition) is 1. The van der Waals surface area contributed by atoms with E-state index in [0.29, 0.717) is 0 Å². The lowest BCUT2D eigenvalue weighted by molar-refractivity contribution is 0.300. The fourth-order valence-corrected chi connectivity index (χ4v) is 3.57. The average Bonchev–Trinajstić information content (AvgIpc) is 2.90. The van der Waals surface area contributed by atoms with E-state index >= 15 is 0 Å². The molecule has 18 heavy (non-hydrogen) atoms. The predicted octanol–water partition coefficient (Wildman–Crippen LogP) is 2.75. The molecule has 2 fully saturated rings. The first-order valence-corrected chi connectivity index (χ1v) is 7.26. The third-order valence-electron chi connectivity index (χ3n) is 4.38. The van der Waals surface area contributed by atoms with Gasteiger partial charge in [-0.2, -0.15) is 0 Å². The second kappa shape index (κ2) is 5.27. The van der Waals surface area contributed by atoms with Gasteiger partial charge in [-0.3, -0.25) is 9.88 Å². The van der Waals surface area contributed by atoms with Crippen LogP contribution >= 0.6 is 0 Å². The van der Waals surface area contributed by atoms with Crippen molar-refractivity contribution in [2.45, 2.75) is 32.7 Å². The highest BCUT2D eigenvalue weighted by Gasteiger charge is 2.35. The number of anilines is 1. The molecule has 1 aliphatic heterocycles. The first kappa shape index (κ1) is 12.0. The maximum absolute atomic E-state index is 4.50. The number of fused-ring (bicyclic) bond motifs is 1. The molecule has 0 aromatic carbocycles. The summed E-state index contributed by atoms with van der Waals surface area (Å²) in [6.07, 6.45) is 6.28. The van der Waals surface area contributed by atoms with Gasteiger partial charge in [-0.05, 0) is 43.7 Å². The standard InChI is InChI=1S/C15H23N3/c1-2-16-14-6-7-17-15(8-14)11-18-9-12-4-3-5-13(12)10-18/h6-8,12-13H,2-5,9-11H2,1H3,(H,16,17). The quantitative estimate of drug-likeness (QED) is 0.884. The Bertz CT molecular complexity index is 392. The lowest BCUT2D eigenvalue weighted by Crippen LogP contribution is -2.21. The number of pyridine rings is 1. The van der Waals surface area contributed by atoms with Crippen molar-refractivity contribution in [3.8, 4) is 0 Å². The molecule has 2 aliphatic rings. The highest BCUT2D eigenvalue weighted by atomic mass is 15.2. The molecule has 3 heteroatoms. The van der Waals surface area contributed by atoms with E-state index in [1.165, 1.54) is 43.7 Å². The van der Waals surface area contributed by atoms with Gasteiger partial charge in [0.15, 0.2) is 0 Å². The van der Waals surface area contributed by atoms with Crippen molar-refractivity contribution < 1.29 is 0 Å². The molecular formula is C15H23N3. The van der Waals surface area contributed by atoms with Crippen LogP contribution in [0.5, 0.6) is 0 Å². The van der Waals surface area contributed by atoms with Gasteiger partial charge in [-0.15, -0.1) is 0 Å². The number of nitrogens with zero attached hydrogens (tertiary/aromatic N) is 2. The third kappa shape index (κ3) is 2.51. The number of nitrogens with one attached hydrogen (secondary N) is 1. The summed E-state index contributed by atoms with van der Waals surface area (Å²) in [5.74, 6) is 1.95. The molecule has 1 aliphatic carbocycles. The monoisotopic (exact) mass is 245 g/mol. The van der Waals surface area contributed by atoms with Crippen LogP contribution in [-0.4, -0.2) is 29.5 Å². The summed E-state index contributed by atoms with van der Waals surface area (Å²) < 4.78 is 0. The topological polar surface area (TPSA) is 28.2 Å². The fourth-order valence-electron chi connectivity index (χ4n) is 3.57. The highest BCUT2D eigenvalue weighted by Crippen LogP contribution is 2.38. The lowest BCUT2D eigenvalue weighted by atomic mass is 10.0. The van der Waals surface area contributed by atoms with Crippen molar-refractivity contribution in [1.82, 2.24) is 9.88 Å². The molecule has 1 aromatic heterocycles. The molecule has 2 heterocycles. The second-order valence-corrected chi connectivity index (χ2v) is 5.71. The lowest BCUT2D eigenvalue weighted by Gasteiger charge is -2.16. The second-order valence-electron chi connectivity index (χ2n) is 5.71. The summed E-state index contributed by atoms with van der Waals surface area (Å²) in [7, 11) is 0. The van der Waals surface area contributed by atoms with Crippen LogP contribution in [0.1, 0.15) is 31.9 Å². The average molecular weight is 245 g/mol. The molecular weight excluding hydrogens is 222 g/mol. The van der Waals surface area contributed by atoms with Crippen molar-refractivity contribution in [3.63, 3.8) is 0 Å². The highest BCUT2D eigenvalue weighted by molar-refractivity contribution is 5.42. The van der Waals surface area contributed by atoms with Gasteiger partial charge in [0.25, 0.3) is 0 Å². The van der Waals surface area contributed by atoms with Gasteiger partial charge in [0, 0.05) is 38.1 Å². The zero-order valence-electron chi connectivity index (χ0n) is 11.2. The van der Waals surface area contributed by atoms with Crippen LogP contribution in [-0.2, 0) is 6.54 Å². The first-order chi connectivity index (χ1) is 8.85. The van der Waals surface area contributed by atoms with Gasteiger partial charge in [0.1, 0.15) is 0 Å². The van der Waals surface area contributed by atoms with Crippen molar-refractivity contribution in [3.05, 3.63) is 24.0 Å². The summed E-state index contributed by atoms with van der Waals surface area (Å²) in [6, 6.07) is 4.24. The number of likely N-dealkylation sites (tertiary alicyclic amines) is 1. The van der Waals surface area contributed by atoms with Crippen molar-refractivity contribution in [2.75, 3.05) is 25.0 Å². The molecule has 0 spiro atoms. The van der Waals surface area contributed by atoms with Crippen LogP contribution in [0.15, 0.2) is 18.3 Å². The van der Waals surface area contributed by atoms with Crippen LogP contribution in [0.3, 0.4) is 0 Å². The van der Waals surface area contributed by atoms with E-state index in [1.54, 1.807) is 0 Å². The van der Waals surface area contributed by atoms with E-state index in [2.05, 4.69) is 28.2 Å². The van der Waals surface area contributed by atoms with E-state index < -0.39 is 0 Å². The van der Waals surface area contributed by atoms with Gasteiger partial charge < -0.3 is 5.32 Å². The Morgan fingerprint density at radius 3 is 2.83 bits per heavy atom. The van der Waals surface area contributed by atoms with Gasteiger partial charge in [0.2, 0.25) is 0 Å². The summed E-state index contributed by atoms with van der Waals surface area (Å²) in [5, 5.41) is 3.35. The molecule has 1 saturated carbocycles. The molecule has 2 unspecified atom stereocenters. The number of hydrogen-bond acceptors (Lipinski definition) is 3. The third-order valence-corrected chi connectivity index (χ3v) is 4.38. The summed E-state index contributed by atoms with van der Waals surface area (Å²) >= 11 is 0. The molecule has 0 radical (unpaired) electrons. The molecule has 1 aromatic rings. The summed E-state index contributed by atoms with van der Waals surface area (Å²) in [6.45, 7) is 6.70. The minimum absolute atomic E-state index is 0.970. The number of aromatic nitrogens is 1. The van der Waals surface area contributed by atoms with Crippen LogP contribution in [0, 0.1) is 11.8 Å². The maximum Gasteiger partial charge on any atom is 0.0564 e. The Morgan fingerprint density at radius 2 is 2.11 bits per heavy atom. The molecule has 3 rings (SSSR count). The Balaban J connectivity index is 1.61. The minimum atomic E-state index is 0.970. The maximum atomic E-state index is 4.50. The van der Waals surface area contributed by atoms with Crippen LogP contribution in [0.25, 0.3) is 0 Å². The van der Waals surface area contributed by atoms with Crippen molar-refractivity contribution in [1.29, 1.82) is 0 Å². The van der Waals surface area contributed by atoms with E-state index in [9.17, 15) is 0 Å². The van der Waals surface area contributed by atoms with E-state index in [1.807, 2.05) is 12.3 Å². The van der Waals surface area contributed by atoms with Gasteiger partial charge in [0.05, 0.1) is 5.69 Å². The van der Waals surface area contributed by atoms with E-state index in [-0.39, 0.29) is 0 Å². The van der Waals surface area contributed by atoms with Gasteiger partial charge >= 0.3 is 0 Å². The predicted molar refractivity (Wildman–Crippen MR) is 74.5 cm³/mol. The van der Waals surface area contributed by atoms with Gasteiger partial charge in [-0.1, -0.05) is 6.42 Å². The molecule has 98 valence electrons. The zero-order chi connectivity index (χ0) is 12.4. The van der Waals surface area contributed by atoms with Crippen molar-refractivity contribution >= 4 is 5.69 Å². The van der Waals surface area contributed by atoms with Gasteiger partial charge in [-0.25, -0.2) is 0 Å².